The summed E-state index contributed by atoms with van der Waals surface area (Å²) in [6.07, 6.45) is 0.446. The van der Waals surface area contributed by atoms with Crippen LogP contribution in [0.2, 0.25) is 0 Å². The number of rotatable bonds is 5. The second-order valence-corrected chi connectivity index (χ2v) is 3.85. The van der Waals surface area contributed by atoms with E-state index in [1.807, 2.05) is 0 Å². The van der Waals surface area contributed by atoms with Crippen LogP contribution in [0.5, 0.6) is 0 Å². The first-order valence-corrected chi connectivity index (χ1v) is 5.31. The summed E-state index contributed by atoms with van der Waals surface area (Å²) in [6, 6.07) is 5.95. The third-order valence-corrected chi connectivity index (χ3v) is 2.81. The van der Waals surface area contributed by atoms with Crippen LogP contribution in [-0.2, 0) is 0 Å². The Hall–Kier alpha value is -1.64. The van der Waals surface area contributed by atoms with E-state index in [1.54, 1.807) is 13.0 Å². The van der Waals surface area contributed by atoms with Gasteiger partial charge in [-0.15, -0.1) is 0 Å². The summed E-state index contributed by atoms with van der Waals surface area (Å²) < 4.78 is 13.3. The minimum absolute atomic E-state index is 0.118. The zero-order valence-electron chi connectivity index (χ0n) is 9.57. The fourth-order valence-corrected chi connectivity index (χ4v) is 1.47. The van der Waals surface area contributed by atoms with E-state index in [0.29, 0.717) is 6.42 Å². The molecular weight excluding hydrogens is 223 g/mol. The van der Waals surface area contributed by atoms with E-state index in [-0.39, 0.29) is 24.5 Å². The molecule has 0 fully saturated rings. The summed E-state index contributed by atoms with van der Waals surface area (Å²) in [5, 5.41) is 30.2. The highest BCUT2D eigenvalue weighted by molar-refractivity contribution is 5.59. The number of nitrogens with one attached hydrogen (secondary N) is 1. The summed E-state index contributed by atoms with van der Waals surface area (Å²) in [7, 11) is 0. The van der Waals surface area contributed by atoms with Crippen LogP contribution in [-0.4, -0.2) is 29.0 Å². The predicted molar refractivity (Wildman–Crippen MR) is 61.9 cm³/mol. The van der Waals surface area contributed by atoms with Gasteiger partial charge in [0.2, 0.25) is 0 Å². The average Bonchev–Trinajstić information content (AvgIpc) is 2.36. The molecule has 1 aromatic rings. The van der Waals surface area contributed by atoms with E-state index in [2.05, 4.69) is 5.32 Å². The van der Waals surface area contributed by atoms with Crippen molar-refractivity contribution in [2.24, 2.45) is 0 Å². The van der Waals surface area contributed by atoms with Crippen molar-refractivity contribution in [3.8, 4) is 6.07 Å². The first-order chi connectivity index (χ1) is 8.12. The molecule has 92 valence electrons. The molecule has 0 heterocycles. The lowest BCUT2D eigenvalue weighted by Crippen LogP contribution is -2.45. The molecule has 5 heteroatoms. The molecule has 0 unspecified atom stereocenters. The quantitative estimate of drug-likeness (QED) is 0.721. The van der Waals surface area contributed by atoms with Crippen LogP contribution in [0.1, 0.15) is 18.9 Å². The molecule has 0 radical (unpaired) electrons. The third-order valence-electron chi connectivity index (χ3n) is 2.81. The Kier molecular flexibility index (Phi) is 4.44. The molecule has 0 atom stereocenters. The van der Waals surface area contributed by atoms with Crippen LogP contribution in [0.4, 0.5) is 10.1 Å². The van der Waals surface area contributed by atoms with Gasteiger partial charge in [-0.25, -0.2) is 4.39 Å². The highest BCUT2D eigenvalue weighted by Gasteiger charge is 2.27. The zero-order chi connectivity index (χ0) is 12.9. The molecule has 0 aliphatic heterocycles. The average molecular weight is 238 g/mol. The standard InChI is InChI=1S/C12H15FN2O2/c1-2-12(7-16,8-17)15-11-5-3-4-10(13)9(11)6-14/h3-5,15-17H,2,7-8H2,1H3. The summed E-state index contributed by atoms with van der Waals surface area (Å²) in [6.45, 7) is 1.17. The highest BCUT2D eigenvalue weighted by Crippen LogP contribution is 2.23. The van der Waals surface area contributed by atoms with Crippen molar-refractivity contribution in [2.75, 3.05) is 18.5 Å². The van der Waals surface area contributed by atoms with E-state index >= 15 is 0 Å². The van der Waals surface area contributed by atoms with Gasteiger partial charge in [0.25, 0.3) is 0 Å². The van der Waals surface area contributed by atoms with Crippen molar-refractivity contribution in [2.45, 2.75) is 18.9 Å². The van der Waals surface area contributed by atoms with Crippen LogP contribution in [0, 0.1) is 17.1 Å². The molecule has 3 N–H and O–H groups in total. The Morgan fingerprint density at radius 2 is 2.06 bits per heavy atom. The first-order valence-electron chi connectivity index (χ1n) is 5.31. The van der Waals surface area contributed by atoms with Crippen LogP contribution in [0.3, 0.4) is 0 Å². The number of hydrogen-bond acceptors (Lipinski definition) is 4. The van der Waals surface area contributed by atoms with E-state index in [0.717, 1.165) is 0 Å². The molecule has 0 saturated heterocycles. The Balaban J connectivity index is 3.10. The zero-order valence-corrected chi connectivity index (χ0v) is 9.57. The van der Waals surface area contributed by atoms with Crippen molar-refractivity contribution < 1.29 is 14.6 Å². The number of benzene rings is 1. The van der Waals surface area contributed by atoms with E-state index in [4.69, 9.17) is 5.26 Å². The van der Waals surface area contributed by atoms with E-state index in [1.165, 1.54) is 18.2 Å². The van der Waals surface area contributed by atoms with Crippen LogP contribution >= 0.6 is 0 Å². The summed E-state index contributed by atoms with van der Waals surface area (Å²) >= 11 is 0. The number of hydrogen-bond donors (Lipinski definition) is 3. The third kappa shape index (κ3) is 2.73. The topological polar surface area (TPSA) is 76.3 Å². The van der Waals surface area contributed by atoms with Gasteiger partial charge >= 0.3 is 0 Å². The molecule has 1 aromatic carbocycles. The van der Waals surface area contributed by atoms with Gasteiger partial charge in [-0.3, -0.25) is 0 Å². The SMILES string of the molecule is CCC(CO)(CO)Nc1cccc(F)c1C#N. The maximum absolute atomic E-state index is 13.3. The van der Waals surface area contributed by atoms with Crippen molar-refractivity contribution in [3.05, 3.63) is 29.6 Å². The van der Waals surface area contributed by atoms with Crippen LogP contribution in [0.25, 0.3) is 0 Å². The molecule has 0 bridgehead atoms. The number of nitrogens with zero attached hydrogens (tertiary/aromatic N) is 1. The Bertz CT molecular complexity index is 417. The Morgan fingerprint density at radius 3 is 2.53 bits per heavy atom. The number of aliphatic hydroxyl groups is 2. The molecule has 1 rings (SSSR count). The van der Waals surface area contributed by atoms with Gasteiger partial charge in [0.15, 0.2) is 0 Å². The fraction of sp³-hybridized carbons (Fsp3) is 0.417. The van der Waals surface area contributed by atoms with E-state index < -0.39 is 11.4 Å². The Morgan fingerprint density at radius 1 is 1.41 bits per heavy atom. The maximum atomic E-state index is 13.3. The Labute approximate surface area is 99.3 Å². The lowest BCUT2D eigenvalue weighted by molar-refractivity contribution is 0.132. The number of halogens is 1. The second-order valence-electron chi connectivity index (χ2n) is 3.85. The van der Waals surface area contributed by atoms with Gasteiger partial charge in [-0.1, -0.05) is 13.0 Å². The molecule has 0 aromatic heterocycles. The van der Waals surface area contributed by atoms with Crippen LogP contribution < -0.4 is 5.32 Å². The molecule has 0 spiro atoms. The van der Waals surface area contributed by atoms with Gasteiger partial charge in [0.1, 0.15) is 17.4 Å². The van der Waals surface area contributed by atoms with Crippen LogP contribution in [0.15, 0.2) is 18.2 Å². The number of nitriles is 1. The minimum atomic E-state index is -0.945. The maximum Gasteiger partial charge on any atom is 0.143 e. The van der Waals surface area contributed by atoms with Crippen molar-refractivity contribution in [1.29, 1.82) is 5.26 Å². The summed E-state index contributed by atoms with van der Waals surface area (Å²) in [4.78, 5) is 0. The smallest absolute Gasteiger partial charge is 0.143 e. The van der Waals surface area contributed by atoms with Gasteiger partial charge in [-0.2, -0.15) is 5.26 Å². The van der Waals surface area contributed by atoms with Crippen molar-refractivity contribution >= 4 is 5.69 Å². The van der Waals surface area contributed by atoms with Crippen molar-refractivity contribution in [1.82, 2.24) is 0 Å². The largest absolute Gasteiger partial charge is 0.394 e. The van der Waals surface area contributed by atoms with Gasteiger partial charge in [-0.05, 0) is 18.6 Å². The molecule has 4 nitrogen and oxygen atoms in total. The lowest BCUT2D eigenvalue weighted by Gasteiger charge is -2.31. The highest BCUT2D eigenvalue weighted by atomic mass is 19.1. The van der Waals surface area contributed by atoms with Gasteiger partial charge < -0.3 is 15.5 Å². The first kappa shape index (κ1) is 13.4. The molecule has 0 aliphatic rings. The summed E-state index contributed by atoms with van der Waals surface area (Å²) in [5.41, 5.74) is -0.788. The molecular formula is C12H15FN2O2. The van der Waals surface area contributed by atoms with Gasteiger partial charge in [0.05, 0.1) is 24.4 Å². The second kappa shape index (κ2) is 5.62. The fourth-order valence-electron chi connectivity index (χ4n) is 1.47. The molecule has 0 aliphatic carbocycles. The van der Waals surface area contributed by atoms with Crippen molar-refractivity contribution in [3.63, 3.8) is 0 Å². The number of aliphatic hydroxyl groups excluding tert-OH is 2. The monoisotopic (exact) mass is 238 g/mol. The number of anilines is 1. The normalized spacial score (nSPS) is 11.0. The molecule has 0 amide bonds. The minimum Gasteiger partial charge on any atom is -0.394 e. The predicted octanol–water partition coefficient (Wildman–Crippen LogP) is 1.24. The summed E-state index contributed by atoms with van der Waals surface area (Å²) in [5.74, 6) is -0.626. The van der Waals surface area contributed by atoms with Gasteiger partial charge in [0, 0.05) is 0 Å². The van der Waals surface area contributed by atoms with E-state index in [9.17, 15) is 14.6 Å². The molecule has 0 saturated carbocycles. The lowest BCUT2D eigenvalue weighted by atomic mass is 9.97. The molecule has 17 heavy (non-hydrogen) atoms.